The van der Waals surface area contributed by atoms with Crippen LogP contribution in [0.25, 0.3) is 5.69 Å². The van der Waals surface area contributed by atoms with E-state index in [1.54, 1.807) is 4.68 Å². The molecule has 2 aromatic rings. The van der Waals surface area contributed by atoms with Crippen LogP contribution in [-0.4, -0.2) is 20.2 Å². The standard InChI is InChI=1S/C9H6N4S/c1-2-14-9-10-11-12-13(9)8-6-4-3-5-7-8/h1,3-7H. The first-order valence-corrected chi connectivity index (χ1v) is 4.69. The first-order valence-electron chi connectivity index (χ1n) is 3.88. The minimum atomic E-state index is 0.596. The Morgan fingerprint density at radius 2 is 2.07 bits per heavy atom. The first kappa shape index (κ1) is 8.78. The van der Waals surface area contributed by atoms with Crippen LogP contribution in [0, 0.1) is 11.7 Å². The first-order chi connectivity index (χ1) is 6.92. The van der Waals surface area contributed by atoms with E-state index in [2.05, 4.69) is 20.8 Å². The van der Waals surface area contributed by atoms with Gasteiger partial charge in [-0.05, 0) is 27.8 Å². The fourth-order valence-electron chi connectivity index (χ4n) is 1.03. The number of benzene rings is 1. The van der Waals surface area contributed by atoms with Crippen molar-refractivity contribution in [2.75, 3.05) is 0 Å². The van der Waals surface area contributed by atoms with Gasteiger partial charge in [0.05, 0.1) is 5.69 Å². The van der Waals surface area contributed by atoms with Gasteiger partial charge >= 0.3 is 0 Å². The highest BCUT2D eigenvalue weighted by molar-refractivity contribution is 8.03. The molecule has 0 aliphatic carbocycles. The molecule has 0 amide bonds. The Kier molecular flexibility index (Phi) is 2.47. The quantitative estimate of drug-likeness (QED) is 0.544. The third-order valence-electron chi connectivity index (χ3n) is 1.59. The van der Waals surface area contributed by atoms with Gasteiger partial charge in [-0.3, -0.25) is 0 Å². The van der Waals surface area contributed by atoms with E-state index >= 15 is 0 Å². The lowest BCUT2D eigenvalue weighted by atomic mass is 10.3. The summed E-state index contributed by atoms with van der Waals surface area (Å²) in [6, 6.07) is 9.60. The topological polar surface area (TPSA) is 43.6 Å². The molecule has 0 saturated heterocycles. The van der Waals surface area contributed by atoms with Crippen LogP contribution < -0.4 is 0 Å². The highest BCUT2D eigenvalue weighted by atomic mass is 32.2. The lowest BCUT2D eigenvalue weighted by Crippen LogP contribution is -1.97. The number of nitrogens with zero attached hydrogens (tertiary/aromatic N) is 4. The van der Waals surface area contributed by atoms with Gasteiger partial charge in [-0.25, -0.2) is 0 Å². The van der Waals surface area contributed by atoms with E-state index in [1.165, 1.54) is 0 Å². The molecule has 0 fully saturated rings. The van der Waals surface area contributed by atoms with Crippen LogP contribution in [0.2, 0.25) is 0 Å². The van der Waals surface area contributed by atoms with Crippen molar-refractivity contribution in [1.82, 2.24) is 20.2 Å². The monoisotopic (exact) mass is 202 g/mol. The van der Waals surface area contributed by atoms with Crippen molar-refractivity contribution in [3.05, 3.63) is 30.3 Å². The molecule has 0 aliphatic heterocycles. The average molecular weight is 202 g/mol. The lowest BCUT2D eigenvalue weighted by Gasteiger charge is -1.99. The number of aromatic nitrogens is 4. The van der Waals surface area contributed by atoms with Crippen molar-refractivity contribution in [3.63, 3.8) is 0 Å². The molecule has 0 bridgehead atoms. The van der Waals surface area contributed by atoms with Gasteiger partial charge in [0.2, 0.25) is 5.16 Å². The number of hydrogen-bond donors (Lipinski definition) is 0. The zero-order valence-electron chi connectivity index (χ0n) is 7.16. The Labute approximate surface area is 85.3 Å². The summed E-state index contributed by atoms with van der Waals surface area (Å²) in [5.74, 6) is 0. The van der Waals surface area contributed by atoms with Crippen molar-refractivity contribution in [3.8, 4) is 17.4 Å². The second kappa shape index (κ2) is 3.94. The zero-order chi connectivity index (χ0) is 9.80. The fourth-order valence-corrected chi connectivity index (χ4v) is 1.44. The Hall–Kier alpha value is -1.80. The number of terminal acetylenes is 1. The van der Waals surface area contributed by atoms with E-state index in [1.807, 2.05) is 30.3 Å². The van der Waals surface area contributed by atoms with Crippen molar-refractivity contribution in [2.24, 2.45) is 0 Å². The number of thioether (sulfide) groups is 1. The maximum absolute atomic E-state index is 5.17. The number of hydrogen-bond acceptors (Lipinski definition) is 4. The van der Waals surface area contributed by atoms with Crippen molar-refractivity contribution in [2.45, 2.75) is 5.16 Å². The third-order valence-corrected chi connectivity index (χ3v) is 2.15. The van der Waals surface area contributed by atoms with Crippen LogP contribution in [0.4, 0.5) is 0 Å². The van der Waals surface area contributed by atoms with Crippen molar-refractivity contribution in [1.29, 1.82) is 0 Å². The Bertz CT molecular complexity index is 457. The predicted molar refractivity (Wildman–Crippen MR) is 53.8 cm³/mol. The summed E-state index contributed by atoms with van der Waals surface area (Å²) in [5.41, 5.74) is 0.898. The molecule has 68 valence electrons. The number of tetrazole rings is 1. The summed E-state index contributed by atoms with van der Waals surface area (Å²) in [7, 11) is 0. The summed E-state index contributed by atoms with van der Waals surface area (Å²) in [5, 5.41) is 14.2. The van der Waals surface area contributed by atoms with Crippen LogP contribution in [0.1, 0.15) is 0 Å². The van der Waals surface area contributed by atoms with E-state index in [9.17, 15) is 0 Å². The maximum Gasteiger partial charge on any atom is 0.226 e. The van der Waals surface area contributed by atoms with Gasteiger partial charge in [0.15, 0.2) is 0 Å². The highest BCUT2D eigenvalue weighted by Gasteiger charge is 2.06. The smallest absolute Gasteiger partial charge is 0.187 e. The summed E-state index contributed by atoms with van der Waals surface area (Å²) < 4.78 is 1.60. The predicted octanol–water partition coefficient (Wildman–Crippen LogP) is 1.35. The Morgan fingerprint density at radius 1 is 1.29 bits per heavy atom. The van der Waals surface area contributed by atoms with Crippen molar-refractivity contribution >= 4 is 11.8 Å². The summed E-state index contributed by atoms with van der Waals surface area (Å²) >= 11 is 1.16. The van der Waals surface area contributed by atoms with Gasteiger partial charge in [0.1, 0.15) is 0 Å². The average Bonchev–Trinajstić information content (AvgIpc) is 2.68. The molecule has 4 nitrogen and oxygen atoms in total. The molecule has 1 aromatic heterocycles. The Balaban J connectivity index is 2.43. The van der Waals surface area contributed by atoms with Crippen LogP contribution in [-0.2, 0) is 0 Å². The lowest BCUT2D eigenvalue weighted by molar-refractivity contribution is 0.757. The van der Waals surface area contributed by atoms with E-state index in [4.69, 9.17) is 6.42 Å². The SMILES string of the molecule is C#CSc1nnnn1-c1ccccc1. The minimum absolute atomic E-state index is 0.596. The molecule has 1 aromatic carbocycles. The molecule has 0 aliphatic rings. The largest absolute Gasteiger partial charge is 0.226 e. The molecule has 2 rings (SSSR count). The molecular formula is C9H6N4S. The fraction of sp³-hybridized carbons (Fsp3) is 0. The van der Waals surface area contributed by atoms with E-state index in [0.717, 1.165) is 17.4 Å². The second-order valence-corrected chi connectivity index (χ2v) is 3.23. The molecule has 5 heteroatoms. The molecule has 0 N–H and O–H groups in total. The molecule has 0 atom stereocenters. The number of rotatable bonds is 2. The summed E-state index contributed by atoms with van der Waals surface area (Å²) in [6.45, 7) is 0. The van der Waals surface area contributed by atoms with Crippen LogP contribution in [0.3, 0.4) is 0 Å². The molecule has 0 unspecified atom stereocenters. The normalized spacial score (nSPS) is 9.64. The number of para-hydroxylation sites is 1. The third kappa shape index (κ3) is 1.60. The van der Waals surface area contributed by atoms with Crippen LogP contribution >= 0.6 is 11.8 Å². The molecule has 0 spiro atoms. The van der Waals surface area contributed by atoms with Gasteiger partial charge in [-0.15, -0.1) is 11.5 Å². The summed E-state index contributed by atoms with van der Waals surface area (Å²) in [6.07, 6.45) is 5.17. The molecule has 0 radical (unpaired) electrons. The van der Waals surface area contributed by atoms with E-state index in [0.29, 0.717) is 5.16 Å². The van der Waals surface area contributed by atoms with Gasteiger partial charge in [0.25, 0.3) is 0 Å². The Morgan fingerprint density at radius 3 is 2.79 bits per heavy atom. The van der Waals surface area contributed by atoms with Gasteiger partial charge in [-0.2, -0.15) is 4.68 Å². The molecule has 1 heterocycles. The maximum atomic E-state index is 5.17. The van der Waals surface area contributed by atoms with Crippen LogP contribution in [0.15, 0.2) is 35.5 Å². The highest BCUT2D eigenvalue weighted by Crippen LogP contribution is 2.15. The van der Waals surface area contributed by atoms with Gasteiger partial charge in [0, 0.05) is 11.8 Å². The van der Waals surface area contributed by atoms with E-state index < -0.39 is 0 Å². The van der Waals surface area contributed by atoms with Gasteiger partial charge < -0.3 is 0 Å². The van der Waals surface area contributed by atoms with Gasteiger partial charge in [-0.1, -0.05) is 18.2 Å². The van der Waals surface area contributed by atoms with Crippen molar-refractivity contribution < 1.29 is 0 Å². The van der Waals surface area contributed by atoms with E-state index in [-0.39, 0.29) is 0 Å². The summed E-state index contributed by atoms with van der Waals surface area (Å²) in [4.78, 5) is 0. The minimum Gasteiger partial charge on any atom is -0.187 e. The molecule has 14 heavy (non-hydrogen) atoms. The molecule has 0 saturated carbocycles. The van der Waals surface area contributed by atoms with Crippen LogP contribution in [0.5, 0.6) is 0 Å². The zero-order valence-corrected chi connectivity index (χ0v) is 7.98. The molecular weight excluding hydrogens is 196 g/mol. The second-order valence-electron chi connectivity index (χ2n) is 2.43.